The van der Waals surface area contributed by atoms with E-state index in [-0.39, 0.29) is 12.1 Å². The second-order valence-electron chi connectivity index (χ2n) is 4.71. The first kappa shape index (κ1) is 12.9. The number of nitrogens with one attached hydrogen (secondary N) is 1. The fraction of sp³-hybridized carbons (Fsp3) is 0.538. The first-order valence-corrected chi connectivity index (χ1v) is 7.66. The van der Waals surface area contributed by atoms with Crippen LogP contribution in [0.4, 0.5) is 5.69 Å². The molecule has 0 heterocycles. The summed E-state index contributed by atoms with van der Waals surface area (Å²) in [5.41, 5.74) is 7.39. The quantitative estimate of drug-likeness (QED) is 0.553. The van der Waals surface area contributed by atoms with Gasteiger partial charge in [0.05, 0.1) is 11.8 Å². The molecule has 3 nitrogen and oxygen atoms in total. The summed E-state index contributed by atoms with van der Waals surface area (Å²) in [5.74, 6) is 0. The molecule has 1 aromatic carbocycles. The van der Waals surface area contributed by atoms with Gasteiger partial charge in [-0.25, -0.2) is 0 Å². The van der Waals surface area contributed by atoms with Gasteiger partial charge >= 0.3 is 0 Å². The van der Waals surface area contributed by atoms with E-state index in [1.807, 2.05) is 12.1 Å². The van der Waals surface area contributed by atoms with Gasteiger partial charge in [0.1, 0.15) is 0 Å². The van der Waals surface area contributed by atoms with Gasteiger partial charge in [-0.05, 0) is 59.3 Å². The van der Waals surface area contributed by atoms with Crippen LogP contribution in [-0.4, -0.2) is 17.3 Å². The second kappa shape index (κ2) is 6.37. The summed E-state index contributed by atoms with van der Waals surface area (Å²) in [6.45, 7) is -0.547. The molecule has 0 radical (unpaired) electrons. The van der Waals surface area contributed by atoms with Gasteiger partial charge in [-0.1, -0.05) is 15.9 Å². The molecule has 1 saturated carbocycles. The van der Waals surface area contributed by atoms with Crippen molar-refractivity contribution < 1.29 is 6.48 Å². The van der Waals surface area contributed by atoms with Crippen LogP contribution in [0.5, 0.6) is 0 Å². The Morgan fingerprint density at radius 2 is 2.00 bits per heavy atom. The maximum absolute atomic E-state index is 9.49. The number of hydrogen-bond acceptors (Lipinski definition) is 3. The van der Waals surface area contributed by atoms with Crippen molar-refractivity contribution in [1.82, 2.24) is 5.32 Å². The number of benzene rings is 1. The molecule has 1 aliphatic rings. The Balaban J connectivity index is 2.05. The zero-order valence-electron chi connectivity index (χ0n) is 11.0. The standard InChI is InChI=1S/C13H18Br2N2O/c14-9-5-8(13(16)12(15)6-9)7-17-10-1-3-11(18)4-2-10/h5-6,10-11,17-18H,1-4,7,16H2/i5+1,6+1,7+1D,8+1,9+1,12+1,13+1. The Hall–Kier alpha value is -0.100. The van der Waals surface area contributed by atoms with Crippen molar-refractivity contribution >= 4 is 37.5 Å². The van der Waals surface area contributed by atoms with Crippen molar-refractivity contribution in [2.75, 3.05) is 5.73 Å². The summed E-state index contributed by atoms with van der Waals surface area (Å²) in [7, 11) is 0. The van der Waals surface area contributed by atoms with E-state index in [9.17, 15) is 5.11 Å². The molecular weight excluding hydrogens is 367 g/mol. The minimum Gasteiger partial charge on any atom is -0.398 e. The third-order valence-electron chi connectivity index (χ3n) is 3.30. The van der Waals surface area contributed by atoms with Crippen molar-refractivity contribution in [3.8, 4) is 0 Å². The lowest BCUT2D eigenvalue weighted by molar-refractivity contribution is 0.116. The van der Waals surface area contributed by atoms with Crippen LogP contribution in [0, 0.1) is 0 Å². The van der Waals surface area contributed by atoms with Crippen LogP contribution in [0.1, 0.15) is 32.6 Å². The highest BCUT2D eigenvalue weighted by molar-refractivity contribution is 9.11. The molecule has 0 bridgehead atoms. The van der Waals surface area contributed by atoms with E-state index in [1.165, 1.54) is 0 Å². The number of hydrogen-bond donors (Lipinski definition) is 3. The normalized spacial score (nSPS) is 26.7. The van der Waals surface area contributed by atoms with Gasteiger partial charge in [0.15, 0.2) is 0 Å². The van der Waals surface area contributed by atoms with Gasteiger partial charge in [-0.3, -0.25) is 0 Å². The lowest BCUT2D eigenvalue weighted by Crippen LogP contribution is -2.34. The highest BCUT2D eigenvalue weighted by Gasteiger charge is 2.19. The first-order chi connectivity index (χ1) is 8.97. The SMILES string of the molecule is [2H][13CH](NC1CCC(O)CC1)[13c]1[13cH][13c](Br)[13cH][13c](Br)[13c]1N. The largest absolute Gasteiger partial charge is 0.398 e. The molecule has 1 unspecified atom stereocenters. The molecule has 1 fully saturated rings. The molecule has 1 aromatic rings. The van der Waals surface area contributed by atoms with Crippen molar-refractivity contribution in [3.63, 3.8) is 0 Å². The molecule has 100 valence electrons. The van der Waals surface area contributed by atoms with Gasteiger partial charge in [0.25, 0.3) is 0 Å². The number of rotatable bonds is 3. The van der Waals surface area contributed by atoms with E-state index < -0.39 is 6.52 Å². The molecule has 18 heavy (non-hydrogen) atoms. The Morgan fingerprint density at radius 3 is 2.67 bits per heavy atom. The van der Waals surface area contributed by atoms with E-state index in [2.05, 4.69) is 37.2 Å². The maximum Gasteiger partial charge on any atom is 0.0541 e. The second-order valence-corrected chi connectivity index (χ2v) is 6.48. The Kier molecular flexibility index (Phi) is 4.57. The lowest BCUT2D eigenvalue weighted by Gasteiger charge is -2.26. The summed E-state index contributed by atoms with van der Waals surface area (Å²) in [6.07, 6.45) is 3.26. The Bertz CT molecular complexity index is 451. The van der Waals surface area contributed by atoms with E-state index >= 15 is 0 Å². The number of aliphatic hydroxyl groups is 1. The lowest BCUT2D eigenvalue weighted by atomic mass is 9.94. The van der Waals surface area contributed by atoms with Crippen molar-refractivity contribution in [3.05, 3.63) is 26.6 Å². The fourth-order valence-electron chi connectivity index (χ4n) is 2.17. The summed E-state index contributed by atoms with van der Waals surface area (Å²) in [5, 5.41) is 12.8. The van der Waals surface area contributed by atoms with Gasteiger partial charge in [-0.15, -0.1) is 0 Å². The molecule has 0 spiro atoms. The molecule has 1 aliphatic carbocycles. The number of halogens is 2. The molecule has 0 saturated heterocycles. The molecule has 0 aromatic heterocycles. The number of nitrogens with two attached hydrogens (primary N) is 1. The van der Waals surface area contributed by atoms with Crippen LogP contribution in [0.15, 0.2) is 21.1 Å². The maximum atomic E-state index is 9.49. The summed E-state index contributed by atoms with van der Waals surface area (Å²) < 4.78 is 9.94. The number of aliphatic hydroxyl groups excluding tert-OH is 1. The third kappa shape index (κ3) is 3.70. The first-order valence-electron chi connectivity index (χ1n) is 6.66. The highest BCUT2D eigenvalue weighted by Crippen LogP contribution is 2.28. The van der Waals surface area contributed by atoms with Gasteiger partial charge in [0, 0.05) is 22.9 Å². The zero-order valence-corrected chi connectivity index (χ0v) is 13.2. The van der Waals surface area contributed by atoms with Crippen LogP contribution >= 0.6 is 31.9 Å². The summed E-state index contributed by atoms with van der Waals surface area (Å²) in [6, 6.07) is 4.04. The summed E-state index contributed by atoms with van der Waals surface area (Å²) >= 11 is 6.82. The van der Waals surface area contributed by atoms with Crippen LogP contribution < -0.4 is 11.1 Å². The zero-order chi connectivity index (χ0) is 14.0. The van der Waals surface area contributed by atoms with E-state index in [1.54, 1.807) is 0 Å². The van der Waals surface area contributed by atoms with Gasteiger partial charge in [-0.2, -0.15) is 0 Å². The molecule has 0 aliphatic heterocycles. The Labute approximate surface area is 126 Å². The molecule has 1 atom stereocenters. The van der Waals surface area contributed by atoms with Crippen LogP contribution in [0.25, 0.3) is 0 Å². The van der Waals surface area contributed by atoms with Crippen molar-refractivity contribution in [1.29, 1.82) is 0 Å². The smallest absolute Gasteiger partial charge is 0.0541 e. The number of anilines is 1. The van der Waals surface area contributed by atoms with Crippen LogP contribution in [-0.2, 0) is 6.52 Å². The molecule has 5 heteroatoms. The fourth-order valence-corrected chi connectivity index (χ4v) is 3.43. The number of nitrogen functional groups attached to an aromatic ring is 1. The summed E-state index contributed by atoms with van der Waals surface area (Å²) in [4.78, 5) is 0. The van der Waals surface area contributed by atoms with Crippen LogP contribution in [0.2, 0.25) is 0 Å². The highest BCUT2D eigenvalue weighted by atomic mass is 79.9. The minimum atomic E-state index is -0.547. The molecular formula is C13H18Br2N2O. The molecule has 2 rings (SSSR count). The van der Waals surface area contributed by atoms with Crippen molar-refractivity contribution in [2.45, 2.75) is 44.3 Å². The van der Waals surface area contributed by atoms with Gasteiger partial charge < -0.3 is 16.2 Å². The van der Waals surface area contributed by atoms with E-state index in [0.29, 0.717) is 5.69 Å². The average molecular weight is 386 g/mol. The molecule has 4 N–H and O–H groups in total. The van der Waals surface area contributed by atoms with E-state index in [0.717, 1.165) is 40.2 Å². The van der Waals surface area contributed by atoms with Crippen molar-refractivity contribution in [2.24, 2.45) is 0 Å². The minimum absolute atomic E-state index is 0.174. The predicted octanol–water partition coefficient (Wildman–Crippen LogP) is 3.19. The van der Waals surface area contributed by atoms with E-state index in [4.69, 9.17) is 7.10 Å². The van der Waals surface area contributed by atoms with Gasteiger partial charge in [0.2, 0.25) is 0 Å². The third-order valence-corrected chi connectivity index (χ3v) is 4.41. The Morgan fingerprint density at radius 1 is 1.33 bits per heavy atom. The average Bonchev–Trinajstić information content (AvgIpc) is 2.36. The van der Waals surface area contributed by atoms with Crippen LogP contribution in [0.3, 0.4) is 0 Å². The molecule has 0 amide bonds. The predicted molar refractivity (Wildman–Crippen MR) is 81.4 cm³/mol. The topological polar surface area (TPSA) is 58.3 Å². The monoisotopic (exact) mass is 384 g/mol.